The number of unbranched alkanes of at least 4 members (excludes halogenated alkanes) is 7. The molecular formula is C22H38F6N3OP. The van der Waals surface area contributed by atoms with Crippen LogP contribution in [0.1, 0.15) is 85.0 Å². The van der Waals surface area contributed by atoms with E-state index >= 15 is 0 Å². The molecule has 1 aromatic rings. The van der Waals surface area contributed by atoms with E-state index in [-0.39, 0.29) is 0 Å². The van der Waals surface area contributed by atoms with E-state index in [1.807, 2.05) is 18.2 Å². The normalized spacial score (nSPS) is 13.2. The van der Waals surface area contributed by atoms with E-state index in [2.05, 4.69) is 30.6 Å². The van der Waals surface area contributed by atoms with Crippen molar-refractivity contribution in [3.05, 3.63) is 23.2 Å². The summed E-state index contributed by atoms with van der Waals surface area (Å²) in [6, 6.07) is 5.94. The minimum atomic E-state index is -10.7. The summed E-state index contributed by atoms with van der Waals surface area (Å²) in [4.78, 5) is 5.81. The number of rotatable bonds is 15. The van der Waals surface area contributed by atoms with Gasteiger partial charge in [0.05, 0.1) is 6.61 Å². The molecule has 0 saturated carbocycles. The summed E-state index contributed by atoms with van der Waals surface area (Å²) < 4.78 is 65.1. The maximum absolute atomic E-state index is 10.7. The molecule has 0 aliphatic carbocycles. The Balaban J connectivity index is 0.00000126. The Hall–Kier alpha value is -1.75. The average molecular weight is 506 g/mol. The van der Waals surface area contributed by atoms with Gasteiger partial charge in [-0.05, 0) is 25.3 Å². The van der Waals surface area contributed by atoms with E-state index in [1.54, 1.807) is 0 Å². The molecule has 0 fully saturated rings. The summed E-state index contributed by atoms with van der Waals surface area (Å²) in [5.41, 5.74) is 1.68. The van der Waals surface area contributed by atoms with Crippen LogP contribution >= 0.6 is 7.81 Å². The van der Waals surface area contributed by atoms with E-state index < -0.39 is 7.81 Å². The Morgan fingerprint density at radius 2 is 1.27 bits per heavy atom. The molecule has 0 amide bonds. The zero-order chi connectivity index (χ0) is 25.4. The Morgan fingerprint density at radius 1 is 0.788 bits per heavy atom. The third-order valence-corrected chi connectivity index (χ3v) is 4.73. The Bertz CT molecular complexity index is 704. The first-order valence-corrected chi connectivity index (χ1v) is 13.7. The standard InChI is InChI=1S/C22H38N3O.F6P/c1-4-7-10-11-12-13-18-26-22-19-20(14-15-21(22)24-23)25(16-8-5-2)17-9-6-3;1-7(2,3,4,5)6/h14-15,19H,4-13,16-18H2,1-3H3;/q+1;-1. The first-order valence-electron chi connectivity index (χ1n) is 11.6. The van der Waals surface area contributed by atoms with Crippen molar-refractivity contribution < 1.29 is 29.9 Å². The summed E-state index contributed by atoms with van der Waals surface area (Å²) >= 11 is 0. The van der Waals surface area contributed by atoms with Crippen molar-refractivity contribution in [2.75, 3.05) is 24.6 Å². The fraction of sp³-hybridized carbons (Fsp3) is 0.727. The van der Waals surface area contributed by atoms with Gasteiger partial charge in [-0.15, -0.1) is 0 Å². The van der Waals surface area contributed by atoms with E-state index in [9.17, 15) is 30.6 Å². The first kappa shape index (κ1) is 31.2. The molecule has 0 bridgehead atoms. The van der Waals surface area contributed by atoms with Crippen molar-refractivity contribution in [2.24, 2.45) is 0 Å². The van der Waals surface area contributed by atoms with Crippen molar-refractivity contribution in [2.45, 2.75) is 85.0 Å². The molecule has 1 rings (SSSR count). The van der Waals surface area contributed by atoms with Crippen LogP contribution in [0.2, 0.25) is 0 Å². The molecule has 11 heteroatoms. The summed E-state index contributed by atoms with van der Waals surface area (Å²) in [5.74, 6) is 0.691. The second-order valence-corrected chi connectivity index (χ2v) is 9.94. The van der Waals surface area contributed by atoms with Crippen LogP contribution in [0.15, 0.2) is 18.2 Å². The molecule has 0 heterocycles. The average Bonchev–Trinajstić information content (AvgIpc) is 2.71. The fourth-order valence-electron chi connectivity index (χ4n) is 3.03. The molecule has 0 saturated heterocycles. The van der Waals surface area contributed by atoms with Gasteiger partial charge in [0.25, 0.3) is 0 Å². The number of hydrogen-bond donors (Lipinski definition) is 0. The summed E-state index contributed by atoms with van der Waals surface area (Å²) in [7, 11) is -10.7. The van der Waals surface area contributed by atoms with Gasteiger partial charge in [-0.3, -0.25) is 0 Å². The first-order chi connectivity index (χ1) is 15.2. The monoisotopic (exact) mass is 505 g/mol. The summed E-state index contributed by atoms with van der Waals surface area (Å²) in [6.07, 6.45) is 12.2. The number of benzene rings is 1. The fourth-order valence-corrected chi connectivity index (χ4v) is 3.03. The van der Waals surface area contributed by atoms with Gasteiger partial charge in [-0.25, -0.2) is 0 Å². The molecule has 33 heavy (non-hydrogen) atoms. The molecule has 1 aromatic carbocycles. The van der Waals surface area contributed by atoms with Crippen LogP contribution in [0.25, 0.3) is 4.98 Å². The number of ether oxygens (including phenoxy) is 1. The van der Waals surface area contributed by atoms with Crippen molar-refractivity contribution in [1.29, 1.82) is 5.39 Å². The quantitative estimate of drug-likeness (QED) is 0.103. The molecule has 0 aliphatic heterocycles. The second kappa shape index (κ2) is 13.8. The SMILES string of the molecule is CCCCCCCCOc1cc(N(CCCC)CCCC)ccc1[N+]#N.F[P-](F)(F)(F)(F)F. The van der Waals surface area contributed by atoms with Gasteiger partial charge in [0.1, 0.15) is 0 Å². The van der Waals surface area contributed by atoms with Crippen LogP contribution in [0.5, 0.6) is 5.75 Å². The third-order valence-electron chi connectivity index (χ3n) is 4.73. The van der Waals surface area contributed by atoms with Crippen LogP contribution in [0.3, 0.4) is 0 Å². The van der Waals surface area contributed by atoms with Gasteiger partial charge in [-0.2, -0.15) is 0 Å². The van der Waals surface area contributed by atoms with Crippen molar-refractivity contribution in [3.8, 4) is 5.75 Å². The van der Waals surface area contributed by atoms with E-state index in [4.69, 9.17) is 4.74 Å². The van der Waals surface area contributed by atoms with Gasteiger partial charge in [-0.1, -0.05) is 65.7 Å². The topological polar surface area (TPSA) is 40.6 Å². The molecule has 0 unspecified atom stereocenters. The molecule has 0 atom stereocenters. The van der Waals surface area contributed by atoms with Crippen molar-refractivity contribution in [3.63, 3.8) is 0 Å². The zero-order valence-corrected chi connectivity index (χ0v) is 20.8. The van der Waals surface area contributed by atoms with Gasteiger partial charge in [0.2, 0.25) is 11.1 Å². The number of halogens is 6. The van der Waals surface area contributed by atoms with Gasteiger partial charge in [0, 0.05) is 30.9 Å². The predicted molar refractivity (Wildman–Crippen MR) is 126 cm³/mol. The number of anilines is 1. The van der Waals surface area contributed by atoms with E-state index in [0.29, 0.717) is 18.0 Å². The van der Waals surface area contributed by atoms with E-state index in [1.165, 1.54) is 57.8 Å². The molecule has 0 spiro atoms. The van der Waals surface area contributed by atoms with Gasteiger partial charge in [0.15, 0.2) is 4.98 Å². The van der Waals surface area contributed by atoms with Gasteiger partial charge >= 0.3 is 38.7 Å². The Morgan fingerprint density at radius 3 is 1.76 bits per heavy atom. The van der Waals surface area contributed by atoms with E-state index in [0.717, 1.165) is 25.2 Å². The van der Waals surface area contributed by atoms with Crippen LogP contribution in [0, 0.1) is 5.39 Å². The Labute approximate surface area is 193 Å². The minimum absolute atomic E-state index is 0.519. The van der Waals surface area contributed by atoms with Crippen molar-refractivity contribution >= 4 is 19.2 Å². The molecule has 0 aromatic heterocycles. The number of nitrogens with zero attached hydrogens (tertiary/aromatic N) is 3. The third kappa shape index (κ3) is 20.6. The molecule has 4 nitrogen and oxygen atoms in total. The molecular weight excluding hydrogens is 467 g/mol. The molecule has 0 N–H and O–H groups in total. The van der Waals surface area contributed by atoms with Crippen LogP contribution in [-0.2, 0) is 0 Å². The Kier molecular flexibility index (Phi) is 13.1. The molecule has 0 aliphatic rings. The van der Waals surface area contributed by atoms with Crippen LogP contribution in [0.4, 0.5) is 36.6 Å². The zero-order valence-electron chi connectivity index (χ0n) is 19.9. The number of diazo groups is 1. The van der Waals surface area contributed by atoms with Crippen molar-refractivity contribution in [1.82, 2.24) is 0 Å². The second-order valence-electron chi connectivity index (χ2n) is 8.02. The summed E-state index contributed by atoms with van der Waals surface area (Å²) in [5, 5.41) is 9.26. The van der Waals surface area contributed by atoms with Crippen LogP contribution in [-0.4, -0.2) is 19.7 Å². The summed E-state index contributed by atoms with van der Waals surface area (Å²) in [6.45, 7) is 9.48. The van der Waals surface area contributed by atoms with Gasteiger partial charge < -0.3 is 9.64 Å². The predicted octanol–water partition coefficient (Wildman–Crippen LogP) is 10.7. The van der Waals surface area contributed by atoms with Crippen LogP contribution < -0.4 is 9.64 Å². The number of hydrogen-bond acceptors (Lipinski definition) is 3. The molecule has 0 radical (unpaired) electrons. The maximum atomic E-state index is 9.87. The molecule has 194 valence electrons.